The van der Waals surface area contributed by atoms with Gasteiger partial charge in [-0.15, -0.1) is 0 Å². The van der Waals surface area contributed by atoms with E-state index in [1.165, 1.54) is 11.8 Å². The number of allylic oxidation sites excluding steroid dienone is 1. The van der Waals surface area contributed by atoms with Gasteiger partial charge in [0, 0.05) is 5.75 Å². The van der Waals surface area contributed by atoms with Gasteiger partial charge in [-0.3, -0.25) is 0 Å². The molecule has 0 saturated carbocycles. The van der Waals surface area contributed by atoms with Crippen LogP contribution in [0.4, 0.5) is 8.78 Å². The second-order valence-corrected chi connectivity index (χ2v) is 5.66. The number of aromatic nitrogens is 1. The molecule has 1 aromatic heterocycles. The van der Waals surface area contributed by atoms with Crippen molar-refractivity contribution in [1.82, 2.24) is 4.98 Å². The molecule has 0 amide bonds. The average Bonchev–Trinajstić information content (AvgIpc) is 2.45. The highest BCUT2D eigenvalue weighted by molar-refractivity contribution is 8.02. The second-order valence-electron chi connectivity index (χ2n) is 2.10. The van der Waals surface area contributed by atoms with Crippen molar-refractivity contribution in [3.05, 3.63) is 23.7 Å². The highest BCUT2D eigenvalue weighted by Gasteiger charge is 2.12. The molecule has 1 atom stereocenters. The lowest BCUT2D eigenvalue weighted by Gasteiger charge is -1.88. The number of hydrogen-bond donors (Lipinski definition) is 0. The minimum Gasteiger partial charge on any atom is -0.194 e. The molecule has 1 nitrogen and oxygen atoms in total. The first kappa shape index (κ1) is 10.9. The lowest BCUT2D eigenvalue weighted by Crippen LogP contribution is -1.76. The summed E-state index contributed by atoms with van der Waals surface area (Å²) in [5, 5.41) is 1.79. The van der Waals surface area contributed by atoms with Gasteiger partial charge in [0.05, 0.1) is 6.20 Å². The van der Waals surface area contributed by atoms with Crippen LogP contribution in [0.2, 0.25) is 0 Å². The third-order valence-electron chi connectivity index (χ3n) is 1.17. The summed E-state index contributed by atoms with van der Waals surface area (Å²) in [6, 6.07) is 0. The van der Waals surface area contributed by atoms with Crippen LogP contribution in [0, 0.1) is 0 Å². The summed E-state index contributed by atoms with van der Waals surface area (Å²) < 4.78 is 24.0. The third kappa shape index (κ3) is 4.06. The molecule has 0 aliphatic heterocycles. The van der Waals surface area contributed by atoms with E-state index >= 15 is 0 Å². The Morgan fingerprint density at radius 2 is 2.46 bits per heavy atom. The van der Waals surface area contributed by atoms with E-state index in [1.54, 1.807) is 11.6 Å². The standard InChI is InChI=1S/C7H7ClF2NS2/c8-13-5-3-11-7(13)12-4-1-2-6(9)10/h2-3,5H,1,4H2/q+1. The van der Waals surface area contributed by atoms with Crippen LogP contribution in [0.15, 0.2) is 28.1 Å². The van der Waals surface area contributed by atoms with Crippen LogP contribution in [0.1, 0.15) is 6.42 Å². The third-order valence-corrected chi connectivity index (χ3v) is 4.67. The number of thiazole rings is 1. The topological polar surface area (TPSA) is 12.9 Å². The summed E-state index contributed by atoms with van der Waals surface area (Å²) in [6.45, 7) is 0. The van der Waals surface area contributed by atoms with Crippen molar-refractivity contribution in [3.8, 4) is 0 Å². The monoisotopic (exact) mass is 242 g/mol. The molecule has 1 unspecified atom stereocenters. The zero-order valence-corrected chi connectivity index (χ0v) is 8.93. The Bertz CT molecular complexity index is 296. The van der Waals surface area contributed by atoms with E-state index in [0.717, 1.165) is 10.4 Å². The molecule has 0 aliphatic carbocycles. The molecule has 0 radical (unpaired) electrons. The highest BCUT2D eigenvalue weighted by atomic mass is 35.7. The number of rotatable bonds is 4. The van der Waals surface area contributed by atoms with E-state index in [0.29, 0.717) is 12.2 Å². The van der Waals surface area contributed by atoms with Gasteiger partial charge in [0.25, 0.3) is 6.08 Å². The van der Waals surface area contributed by atoms with Crippen LogP contribution in [0.5, 0.6) is 0 Å². The first-order valence-corrected chi connectivity index (χ1v) is 6.58. The van der Waals surface area contributed by atoms with Gasteiger partial charge in [-0.1, -0.05) is 0 Å². The van der Waals surface area contributed by atoms with Gasteiger partial charge in [0.15, 0.2) is 5.38 Å². The normalized spacial score (nSPS) is 11.5. The molecule has 0 fully saturated rings. The molecular weight excluding hydrogens is 236 g/mol. The van der Waals surface area contributed by atoms with Gasteiger partial charge in [-0.25, -0.2) is 0 Å². The largest absolute Gasteiger partial charge is 0.321 e. The van der Waals surface area contributed by atoms with E-state index in [1.807, 2.05) is 0 Å². The van der Waals surface area contributed by atoms with E-state index in [9.17, 15) is 8.78 Å². The van der Waals surface area contributed by atoms with Crippen molar-refractivity contribution in [2.75, 3.05) is 5.75 Å². The fourth-order valence-electron chi connectivity index (χ4n) is 0.661. The van der Waals surface area contributed by atoms with Gasteiger partial charge in [-0.05, 0) is 24.3 Å². The number of nitrogens with zero attached hydrogens (tertiary/aromatic N) is 1. The summed E-state index contributed by atoms with van der Waals surface area (Å²) in [4.78, 5) is 4.00. The van der Waals surface area contributed by atoms with Crippen LogP contribution >= 0.6 is 32.1 Å². The Morgan fingerprint density at radius 3 is 3.00 bits per heavy atom. The van der Waals surface area contributed by atoms with Crippen LogP contribution in [-0.2, 0) is 0 Å². The average molecular weight is 243 g/mol. The first-order chi connectivity index (χ1) is 6.20. The van der Waals surface area contributed by atoms with Crippen LogP contribution in [0.25, 0.3) is 0 Å². The molecule has 13 heavy (non-hydrogen) atoms. The Hall–Kier alpha value is -0.130. The maximum atomic E-state index is 11.6. The minimum absolute atomic E-state index is 0.347. The Morgan fingerprint density at radius 1 is 1.69 bits per heavy atom. The summed E-state index contributed by atoms with van der Waals surface area (Å²) in [6.07, 6.45) is 1.27. The molecule has 0 saturated heterocycles. The van der Waals surface area contributed by atoms with Gasteiger partial charge in [-0.2, -0.15) is 13.8 Å². The molecule has 1 aromatic rings. The summed E-state index contributed by atoms with van der Waals surface area (Å²) in [7, 11) is 5.42. The van der Waals surface area contributed by atoms with Gasteiger partial charge >= 0.3 is 4.34 Å². The van der Waals surface area contributed by atoms with Crippen molar-refractivity contribution in [2.24, 2.45) is 0 Å². The summed E-state index contributed by atoms with van der Waals surface area (Å²) in [5.41, 5.74) is 0. The number of hydrogen-bond acceptors (Lipinski definition) is 2. The van der Waals surface area contributed by atoms with E-state index in [-0.39, 0.29) is 0 Å². The highest BCUT2D eigenvalue weighted by Crippen LogP contribution is 2.34. The SMILES string of the molecule is FC(F)=CCCSc1ncc[s+]1Cl. The lowest BCUT2D eigenvalue weighted by molar-refractivity contribution is 0.418. The molecule has 1 heterocycles. The van der Waals surface area contributed by atoms with Crippen molar-refractivity contribution in [1.29, 1.82) is 0 Å². The predicted molar refractivity (Wildman–Crippen MR) is 53.6 cm³/mol. The Labute approximate surface area is 86.3 Å². The smallest absolute Gasteiger partial charge is 0.194 e. The molecule has 72 valence electrons. The number of halogens is 3. The van der Waals surface area contributed by atoms with Crippen LogP contribution in [-0.4, -0.2) is 10.7 Å². The molecule has 0 aliphatic rings. The molecule has 0 N–H and O–H groups in total. The van der Waals surface area contributed by atoms with Gasteiger partial charge in [0.1, 0.15) is 9.68 Å². The van der Waals surface area contributed by atoms with Crippen molar-refractivity contribution < 1.29 is 8.78 Å². The lowest BCUT2D eigenvalue weighted by atomic mass is 10.5. The first-order valence-electron chi connectivity index (χ1n) is 3.48. The zero-order chi connectivity index (χ0) is 9.68. The van der Waals surface area contributed by atoms with Crippen molar-refractivity contribution in [3.63, 3.8) is 0 Å². The number of thioether (sulfide) groups is 1. The predicted octanol–water partition coefficient (Wildman–Crippen LogP) is 4.10. The fraction of sp³-hybridized carbons (Fsp3) is 0.286. The maximum Gasteiger partial charge on any atom is 0.321 e. The zero-order valence-electron chi connectivity index (χ0n) is 6.54. The van der Waals surface area contributed by atoms with Gasteiger partial charge < -0.3 is 0 Å². The Balaban J connectivity index is 2.28. The molecule has 1 rings (SSSR count). The van der Waals surface area contributed by atoms with E-state index < -0.39 is 15.8 Å². The molecule has 0 aromatic carbocycles. The molecule has 6 heteroatoms. The quantitative estimate of drug-likeness (QED) is 0.448. The maximum absolute atomic E-state index is 11.6. The second kappa shape index (κ2) is 5.57. The van der Waals surface area contributed by atoms with E-state index in [4.69, 9.17) is 10.7 Å². The van der Waals surface area contributed by atoms with Crippen molar-refractivity contribution in [2.45, 2.75) is 10.8 Å². The van der Waals surface area contributed by atoms with E-state index in [2.05, 4.69) is 4.98 Å². The van der Waals surface area contributed by atoms with Crippen LogP contribution < -0.4 is 0 Å². The molecular formula is C7H7ClF2NS2+. The summed E-state index contributed by atoms with van der Waals surface area (Å²) >= 11 is 1.42. The molecule has 0 bridgehead atoms. The van der Waals surface area contributed by atoms with Crippen LogP contribution in [0.3, 0.4) is 0 Å². The Kier molecular flexibility index (Phi) is 4.69. The van der Waals surface area contributed by atoms with Gasteiger partial charge in [0.2, 0.25) is 10.7 Å². The van der Waals surface area contributed by atoms with Crippen molar-refractivity contribution >= 4 is 32.1 Å². The minimum atomic E-state index is -1.63. The molecule has 0 spiro atoms. The summed E-state index contributed by atoms with van der Waals surface area (Å²) in [5.74, 6) is 0.591. The fourth-order valence-corrected chi connectivity index (χ4v) is 3.18.